The van der Waals surface area contributed by atoms with Gasteiger partial charge in [-0.1, -0.05) is 30.0 Å². The summed E-state index contributed by atoms with van der Waals surface area (Å²) in [7, 11) is 0. The van der Waals surface area contributed by atoms with Crippen LogP contribution in [0.4, 0.5) is 9.93 Å². The van der Waals surface area contributed by atoms with E-state index in [-0.39, 0.29) is 11.9 Å². The summed E-state index contributed by atoms with van der Waals surface area (Å²) in [5.74, 6) is -0.373. The Kier molecular flexibility index (Phi) is 6.62. The summed E-state index contributed by atoms with van der Waals surface area (Å²) in [6.07, 6.45) is 2.38. The fraction of sp³-hybridized carbons (Fsp3) is 0.688. The number of hydrogen-bond donors (Lipinski definition) is 2. The van der Waals surface area contributed by atoms with Gasteiger partial charge in [-0.3, -0.25) is 19.8 Å². The number of urea groups is 1. The Balaban J connectivity index is 1.94. The molecule has 0 saturated heterocycles. The maximum atomic E-state index is 12.2. The second-order valence-corrected chi connectivity index (χ2v) is 9.70. The van der Waals surface area contributed by atoms with Gasteiger partial charge in [0.15, 0.2) is 4.34 Å². The van der Waals surface area contributed by atoms with E-state index in [2.05, 4.69) is 20.8 Å². The van der Waals surface area contributed by atoms with Crippen molar-refractivity contribution >= 4 is 46.1 Å². The van der Waals surface area contributed by atoms with Crippen molar-refractivity contribution < 1.29 is 14.4 Å². The standard InChI is InChI=1S/C16H25N5O3S2/c1-6-11(22)21(10-7-8-10)14-19-20-15(26-14)25-9(2)12(23)17-13(24)18-16(3,4)5/h9-10H,6-8H2,1-5H3,(H2,17,18,23,24). The average molecular weight is 400 g/mol. The molecule has 144 valence electrons. The third-order valence-electron chi connectivity index (χ3n) is 3.46. The van der Waals surface area contributed by atoms with Gasteiger partial charge in [0.25, 0.3) is 0 Å². The van der Waals surface area contributed by atoms with Gasteiger partial charge in [0.05, 0.1) is 5.25 Å². The van der Waals surface area contributed by atoms with Crippen molar-refractivity contribution in [1.82, 2.24) is 20.8 Å². The Morgan fingerprint density at radius 2 is 1.96 bits per heavy atom. The van der Waals surface area contributed by atoms with Crippen LogP contribution in [0.2, 0.25) is 0 Å². The van der Waals surface area contributed by atoms with E-state index in [1.165, 1.54) is 23.1 Å². The van der Waals surface area contributed by atoms with E-state index in [9.17, 15) is 14.4 Å². The zero-order valence-corrected chi connectivity index (χ0v) is 17.3. The molecule has 2 rings (SSSR count). The van der Waals surface area contributed by atoms with Crippen molar-refractivity contribution in [2.75, 3.05) is 4.90 Å². The SMILES string of the molecule is CCC(=O)N(c1nnc(SC(C)C(=O)NC(=O)NC(C)(C)C)s1)C1CC1. The summed E-state index contributed by atoms with van der Waals surface area (Å²) in [6, 6.07) is -0.309. The Morgan fingerprint density at radius 3 is 2.50 bits per heavy atom. The van der Waals surface area contributed by atoms with Gasteiger partial charge in [0, 0.05) is 18.0 Å². The first-order valence-electron chi connectivity index (χ1n) is 8.56. The predicted molar refractivity (Wildman–Crippen MR) is 102 cm³/mol. The third-order valence-corrected chi connectivity index (χ3v) is 5.56. The number of thioether (sulfide) groups is 1. The minimum absolute atomic E-state index is 0.0323. The highest BCUT2D eigenvalue weighted by Gasteiger charge is 2.35. The van der Waals surface area contributed by atoms with Crippen LogP contribution in [0.25, 0.3) is 0 Å². The molecule has 2 N–H and O–H groups in total. The molecule has 1 saturated carbocycles. The molecular formula is C16H25N5O3S2. The normalized spacial score (nSPS) is 15.3. The van der Waals surface area contributed by atoms with Gasteiger partial charge in [0.1, 0.15) is 0 Å². The Bertz CT molecular complexity index is 682. The molecular weight excluding hydrogens is 374 g/mol. The van der Waals surface area contributed by atoms with Crippen LogP contribution >= 0.6 is 23.1 Å². The molecule has 0 aromatic carbocycles. The molecule has 0 spiro atoms. The first-order valence-corrected chi connectivity index (χ1v) is 10.3. The Hall–Kier alpha value is -1.68. The van der Waals surface area contributed by atoms with Crippen molar-refractivity contribution in [1.29, 1.82) is 0 Å². The van der Waals surface area contributed by atoms with E-state index in [4.69, 9.17) is 0 Å². The molecule has 10 heteroatoms. The van der Waals surface area contributed by atoms with Crippen LogP contribution in [0.3, 0.4) is 0 Å². The molecule has 1 aromatic rings. The first kappa shape index (κ1) is 20.6. The van der Waals surface area contributed by atoms with Crippen LogP contribution in [0.15, 0.2) is 4.34 Å². The molecule has 0 aliphatic heterocycles. The van der Waals surface area contributed by atoms with Crippen LogP contribution in [0.1, 0.15) is 53.9 Å². The summed E-state index contributed by atoms with van der Waals surface area (Å²) in [6.45, 7) is 9.02. The molecule has 4 amide bonds. The quantitative estimate of drug-likeness (QED) is 0.563. The topological polar surface area (TPSA) is 104 Å². The van der Waals surface area contributed by atoms with E-state index >= 15 is 0 Å². The number of carbonyl (C=O) groups is 3. The van der Waals surface area contributed by atoms with Gasteiger partial charge >= 0.3 is 6.03 Å². The Morgan fingerprint density at radius 1 is 1.31 bits per heavy atom. The van der Waals surface area contributed by atoms with Gasteiger partial charge in [-0.15, -0.1) is 10.2 Å². The van der Waals surface area contributed by atoms with Gasteiger partial charge < -0.3 is 5.32 Å². The van der Waals surface area contributed by atoms with Gasteiger partial charge in [-0.25, -0.2) is 4.79 Å². The van der Waals surface area contributed by atoms with Crippen molar-refractivity contribution in [3.63, 3.8) is 0 Å². The number of rotatable bonds is 6. The number of amides is 4. The monoisotopic (exact) mass is 399 g/mol. The molecule has 1 aliphatic rings. The lowest BCUT2D eigenvalue weighted by Gasteiger charge is -2.21. The molecule has 0 bridgehead atoms. The van der Waals surface area contributed by atoms with E-state index in [1.807, 2.05) is 27.7 Å². The zero-order chi connectivity index (χ0) is 19.5. The minimum atomic E-state index is -0.527. The van der Waals surface area contributed by atoms with E-state index in [0.717, 1.165) is 12.8 Å². The van der Waals surface area contributed by atoms with Gasteiger partial charge in [0.2, 0.25) is 16.9 Å². The zero-order valence-electron chi connectivity index (χ0n) is 15.7. The van der Waals surface area contributed by atoms with Gasteiger partial charge in [-0.2, -0.15) is 0 Å². The van der Waals surface area contributed by atoms with E-state index in [0.29, 0.717) is 15.9 Å². The highest BCUT2D eigenvalue weighted by Crippen LogP contribution is 2.37. The molecule has 0 radical (unpaired) electrons. The van der Waals surface area contributed by atoms with Crippen molar-refractivity contribution in [3.05, 3.63) is 0 Å². The van der Waals surface area contributed by atoms with Crippen LogP contribution in [-0.2, 0) is 9.59 Å². The number of aromatic nitrogens is 2. The van der Waals surface area contributed by atoms with Crippen molar-refractivity contribution in [2.24, 2.45) is 0 Å². The number of carbonyl (C=O) groups excluding carboxylic acids is 3. The van der Waals surface area contributed by atoms with E-state index in [1.54, 1.807) is 11.8 Å². The molecule has 1 aromatic heterocycles. The fourth-order valence-corrected chi connectivity index (χ4v) is 4.18. The number of hydrogen-bond acceptors (Lipinski definition) is 7. The molecule has 1 aliphatic carbocycles. The maximum absolute atomic E-state index is 12.2. The molecule has 1 atom stereocenters. The van der Waals surface area contributed by atoms with Crippen LogP contribution < -0.4 is 15.5 Å². The maximum Gasteiger partial charge on any atom is 0.321 e. The smallest absolute Gasteiger partial charge is 0.321 e. The molecule has 26 heavy (non-hydrogen) atoms. The highest BCUT2D eigenvalue weighted by molar-refractivity contribution is 8.02. The largest absolute Gasteiger partial charge is 0.333 e. The number of anilines is 1. The predicted octanol–water partition coefficient (Wildman–Crippen LogP) is 2.55. The third kappa shape index (κ3) is 5.94. The lowest BCUT2D eigenvalue weighted by atomic mass is 10.1. The van der Waals surface area contributed by atoms with Crippen LogP contribution in [0, 0.1) is 0 Å². The lowest BCUT2D eigenvalue weighted by molar-refractivity contribution is -0.119. The van der Waals surface area contributed by atoms with Crippen molar-refractivity contribution in [2.45, 2.75) is 75.1 Å². The Labute approximate surface area is 161 Å². The second-order valence-electron chi connectivity index (χ2n) is 7.15. The lowest BCUT2D eigenvalue weighted by Crippen LogP contribution is -2.49. The summed E-state index contributed by atoms with van der Waals surface area (Å²) >= 11 is 2.51. The molecule has 1 heterocycles. The second kappa shape index (κ2) is 8.34. The van der Waals surface area contributed by atoms with Crippen LogP contribution in [0.5, 0.6) is 0 Å². The summed E-state index contributed by atoms with van der Waals surface area (Å²) in [4.78, 5) is 37.8. The summed E-state index contributed by atoms with van der Waals surface area (Å²) < 4.78 is 0.591. The number of nitrogens with zero attached hydrogens (tertiary/aromatic N) is 3. The molecule has 1 unspecified atom stereocenters. The van der Waals surface area contributed by atoms with Crippen LogP contribution in [-0.4, -0.2) is 44.9 Å². The fourth-order valence-electron chi connectivity index (χ4n) is 2.11. The minimum Gasteiger partial charge on any atom is -0.333 e. The molecule has 8 nitrogen and oxygen atoms in total. The first-order chi connectivity index (χ1) is 12.1. The number of nitrogens with one attached hydrogen (secondary N) is 2. The number of imide groups is 1. The molecule has 1 fully saturated rings. The average Bonchev–Trinajstić information content (AvgIpc) is 3.24. The van der Waals surface area contributed by atoms with E-state index < -0.39 is 22.7 Å². The highest BCUT2D eigenvalue weighted by atomic mass is 32.2. The van der Waals surface area contributed by atoms with Crippen molar-refractivity contribution in [3.8, 4) is 0 Å². The summed E-state index contributed by atoms with van der Waals surface area (Å²) in [5.41, 5.74) is -0.424. The van der Waals surface area contributed by atoms with Gasteiger partial charge in [-0.05, 0) is 40.5 Å². The summed E-state index contributed by atoms with van der Waals surface area (Å²) in [5, 5.41) is 13.2.